The van der Waals surface area contributed by atoms with E-state index < -0.39 is 10.0 Å². The lowest BCUT2D eigenvalue weighted by Crippen LogP contribution is -2.15. The van der Waals surface area contributed by atoms with Gasteiger partial charge in [0, 0.05) is 40.3 Å². The van der Waals surface area contributed by atoms with Crippen molar-refractivity contribution >= 4 is 32.4 Å². The molecule has 1 atom stereocenters. The molecule has 3 rings (SSSR count). The molecular formula is C22H27N3O3S. The van der Waals surface area contributed by atoms with Gasteiger partial charge in [-0.25, -0.2) is 8.42 Å². The van der Waals surface area contributed by atoms with Gasteiger partial charge in [0.1, 0.15) is 0 Å². The van der Waals surface area contributed by atoms with Gasteiger partial charge in [-0.15, -0.1) is 0 Å². The average Bonchev–Trinajstić information content (AvgIpc) is 2.96. The third-order valence-electron chi connectivity index (χ3n) is 4.94. The fourth-order valence-electron chi connectivity index (χ4n) is 3.83. The van der Waals surface area contributed by atoms with Gasteiger partial charge in [-0.2, -0.15) is 0 Å². The molecular weight excluding hydrogens is 386 g/mol. The van der Waals surface area contributed by atoms with Crippen LogP contribution in [0, 0.1) is 0 Å². The van der Waals surface area contributed by atoms with Crippen LogP contribution in [-0.4, -0.2) is 44.4 Å². The van der Waals surface area contributed by atoms with Crippen molar-refractivity contribution in [3.05, 3.63) is 64.8 Å². The lowest BCUT2D eigenvalue weighted by Gasteiger charge is -2.20. The standard InChI is InChI=1S/C22H27N3O3S/c1-14(19-12-16(24-29(5,27)28)10-11-17(19)15(2)26)22-18-8-6-7-9-20(18)23-21(22)13-25(3)4/h6-12,14,23-24H,13H2,1-5H3. The van der Waals surface area contributed by atoms with Gasteiger partial charge < -0.3 is 9.88 Å². The van der Waals surface area contributed by atoms with Crippen molar-refractivity contribution < 1.29 is 13.2 Å². The first kappa shape index (κ1) is 21.1. The van der Waals surface area contributed by atoms with Crippen LogP contribution in [-0.2, 0) is 16.6 Å². The number of H-pyrrole nitrogens is 1. The highest BCUT2D eigenvalue weighted by Gasteiger charge is 2.23. The number of aromatic amines is 1. The second kappa shape index (κ2) is 8.00. The van der Waals surface area contributed by atoms with E-state index in [0.717, 1.165) is 40.5 Å². The van der Waals surface area contributed by atoms with Crippen molar-refractivity contribution in [2.45, 2.75) is 26.3 Å². The van der Waals surface area contributed by atoms with E-state index in [1.807, 2.05) is 32.3 Å². The van der Waals surface area contributed by atoms with Crippen molar-refractivity contribution in [1.82, 2.24) is 9.88 Å². The Morgan fingerprint density at radius 3 is 2.48 bits per heavy atom. The van der Waals surface area contributed by atoms with E-state index in [4.69, 9.17) is 0 Å². The highest BCUT2D eigenvalue weighted by Crippen LogP contribution is 2.36. The first-order chi connectivity index (χ1) is 13.6. The highest BCUT2D eigenvalue weighted by atomic mass is 32.2. The van der Waals surface area contributed by atoms with E-state index >= 15 is 0 Å². The van der Waals surface area contributed by atoms with E-state index in [0.29, 0.717) is 11.3 Å². The first-order valence-corrected chi connectivity index (χ1v) is 11.3. The fraction of sp³-hybridized carbons (Fsp3) is 0.318. The molecule has 1 unspecified atom stereocenters. The van der Waals surface area contributed by atoms with Gasteiger partial charge in [-0.05, 0) is 56.4 Å². The minimum absolute atomic E-state index is 0.0493. The number of anilines is 1. The number of rotatable bonds is 7. The van der Waals surface area contributed by atoms with Crippen LogP contribution < -0.4 is 4.72 Å². The molecule has 29 heavy (non-hydrogen) atoms. The number of carbonyl (C=O) groups is 1. The monoisotopic (exact) mass is 413 g/mol. The summed E-state index contributed by atoms with van der Waals surface area (Å²) in [4.78, 5) is 17.9. The van der Waals surface area contributed by atoms with E-state index in [1.165, 1.54) is 6.92 Å². The summed E-state index contributed by atoms with van der Waals surface area (Å²) >= 11 is 0. The van der Waals surface area contributed by atoms with E-state index in [-0.39, 0.29) is 11.7 Å². The SMILES string of the molecule is CC(=O)c1ccc(NS(C)(=O)=O)cc1C(C)c1c(CN(C)C)[nH]c2ccccc12. The topological polar surface area (TPSA) is 82.3 Å². The minimum Gasteiger partial charge on any atom is -0.357 e. The molecule has 0 amide bonds. The molecule has 0 radical (unpaired) electrons. The number of hydrogen-bond donors (Lipinski definition) is 2. The summed E-state index contributed by atoms with van der Waals surface area (Å²) in [6.45, 7) is 4.32. The van der Waals surface area contributed by atoms with Crippen molar-refractivity contribution in [2.24, 2.45) is 0 Å². The van der Waals surface area contributed by atoms with Gasteiger partial charge >= 0.3 is 0 Å². The highest BCUT2D eigenvalue weighted by molar-refractivity contribution is 7.92. The number of sulfonamides is 1. The van der Waals surface area contributed by atoms with Crippen LogP contribution in [0.15, 0.2) is 42.5 Å². The maximum atomic E-state index is 12.3. The predicted molar refractivity (Wildman–Crippen MR) is 118 cm³/mol. The number of nitrogens with zero attached hydrogens (tertiary/aromatic N) is 1. The summed E-state index contributed by atoms with van der Waals surface area (Å²) in [5.41, 5.74) is 5.09. The van der Waals surface area contributed by atoms with Gasteiger partial charge in [0.15, 0.2) is 5.78 Å². The number of aromatic nitrogens is 1. The summed E-state index contributed by atoms with van der Waals surface area (Å²) in [6, 6.07) is 13.2. The van der Waals surface area contributed by atoms with E-state index in [1.54, 1.807) is 18.2 Å². The van der Waals surface area contributed by atoms with Gasteiger partial charge in [-0.1, -0.05) is 25.1 Å². The Morgan fingerprint density at radius 2 is 1.86 bits per heavy atom. The zero-order chi connectivity index (χ0) is 21.3. The van der Waals surface area contributed by atoms with Gasteiger partial charge in [0.05, 0.1) is 6.26 Å². The van der Waals surface area contributed by atoms with Gasteiger partial charge in [0.2, 0.25) is 10.0 Å². The zero-order valence-electron chi connectivity index (χ0n) is 17.4. The molecule has 0 aliphatic carbocycles. The molecule has 154 valence electrons. The molecule has 0 saturated heterocycles. The van der Waals surface area contributed by atoms with Crippen molar-refractivity contribution in [3.63, 3.8) is 0 Å². The number of nitrogens with one attached hydrogen (secondary N) is 2. The average molecular weight is 414 g/mol. The number of fused-ring (bicyclic) bond motifs is 1. The lowest BCUT2D eigenvalue weighted by atomic mass is 9.86. The molecule has 0 saturated carbocycles. The van der Waals surface area contributed by atoms with Gasteiger partial charge in [-0.3, -0.25) is 9.52 Å². The Bertz CT molecular complexity index is 1160. The third-order valence-corrected chi connectivity index (χ3v) is 5.54. The Balaban J connectivity index is 2.20. The largest absolute Gasteiger partial charge is 0.357 e. The van der Waals surface area contributed by atoms with Crippen LogP contribution in [0.1, 0.15) is 46.9 Å². The number of ketones is 1. The summed E-state index contributed by atoms with van der Waals surface area (Å²) in [5.74, 6) is -0.159. The number of carbonyl (C=O) groups excluding carboxylic acids is 1. The Kier molecular flexibility index (Phi) is 5.82. The molecule has 0 fully saturated rings. The van der Waals surface area contributed by atoms with Crippen LogP contribution in [0.2, 0.25) is 0 Å². The minimum atomic E-state index is -3.41. The molecule has 1 aromatic heterocycles. The van der Waals surface area contributed by atoms with E-state index in [9.17, 15) is 13.2 Å². The molecule has 0 aliphatic rings. The molecule has 0 bridgehead atoms. The molecule has 6 nitrogen and oxygen atoms in total. The molecule has 2 N–H and O–H groups in total. The third kappa shape index (κ3) is 4.68. The first-order valence-electron chi connectivity index (χ1n) is 9.43. The smallest absolute Gasteiger partial charge is 0.229 e. The summed E-state index contributed by atoms with van der Waals surface area (Å²) < 4.78 is 25.9. The lowest BCUT2D eigenvalue weighted by molar-refractivity contribution is 0.101. The molecule has 3 aromatic rings. The van der Waals surface area contributed by atoms with Crippen LogP contribution in [0.4, 0.5) is 5.69 Å². The molecule has 7 heteroatoms. The van der Waals surface area contributed by atoms with Crippen LogP contribution in [0.25, 0.3) is 10.9 Å². The second-order valence-corrected chi connectivity index (χ2v) is 9.50. The maximum absolute atomic E-state index is 12.3. The van der Waals surface area contributed by atoms with Crippen LogP contribution >= 0.6 is 0 Å². The normalized spacial score (nSPS) is 13.0. The van der Waals surface area contributed by atoms with Crippen LogP contribution in [0.5, 0.6) is 0 Å². The van der Waals surface area contributed by atoms with Crippen molar-refractivity contribution in [2.75, 3.05) is 25.1 Å². The number of hydrogen-bond acceptors (Lipinski definition) is 4. The van der Waals surface area contributed by atoms with Crippen LogP contribution in [0.3, 0.4) is 0 Å². The van der Waals surface area contributed by atoms with E-state index in [2.05, 4.69) is 27.6 Å². The molecule has 0 spiro atoms. The zero-order valence-corrected chi connectivity index (χ0v) is 18.2. The fourth-order valence-corrected chi connectivity index (χ4v) is 4.38. The molecule has 0 aliphatic heterocycles. The Morgan fingerprint density at radius 1 is 1.17 bits per heavy atom. The predicted octanol–water partition coefficient (Wildman–Crippen LogP) is 3.96. The summed E-state index contributed by atoms with van der Waals surface area (Å²) in [6.07, 6.45) is 1.11. The maximum Gasteiger partial charge on any atom is 0.229 e. The number of Topliss-reactive ketones (excluding diaryl/α,β-unsaturated/α-hetero) is 1. The summed E-state index contributed by atoms with van der Waals surface area (Å²) in [5, 5.41) is 1.10. The quantitative estimate of drug-likeness (QED) is 0.575. The number of benzene rings is 2. The molecule has 2 aromatic carbocycles. The van der Waals surface area contributed by atoms with Gasteiger partial charge in [0.25, 0.3) is 0 Å². The van der Waals surface area contributed by atoms with Crippen molar-refractivity contribution in [1.29, 1.82) is 0 Å². The van der Waals surface area contributed by atoms with Crippen molar-refractivity contribution in [3.8, 4) is 0 Å². The summed E-state index contributed by atoms with van der Waals surface area (Å²) in [7, 11) is 0.610. The number of para-hydroxylation sites is 1. The second-order valence-electron chi connectivity index (χ2n) is 7.75. The Labute approximate surface area is 172 Å². The Hall–Kier alpha value is -2.64. The molecule has 1 heterocycles.